The molecule has 2 N–H and O–H groups in total. The highest BCUT2D eigenvalue weighted by atomic mass is 16.6. The number of hydrogen-bond donors (Lipinski definition) is 2. The molecule has 7 nitrogen and oxygen atoms in total. The molecule has 0 amide bonds. The van der Waals surface area contributed by atoms with Crippen LogP contribution in [0.2, 0.25) is 0 Å². The Morgan fingerprint density at radius 2 is 2.21 bits per heavy atom. The number of carboxylic acid groups (broad SMARTS) is 1. The average Bonchev–Trinajstić information content (AvgIpc) is 2.37. The van der Waals surface area contributed by atoms with Crippen LogP contribution in [0.3, 0.4) is 0 Å². The van der Waals surface area contributed by atoms with Crippen molar-refractivity contribution in [1.29, 1.82) is 0 Å². The minimum absolute atomic E-state index is 0.0991. The average molecular weight is 268 g/mol. The molecule has 0 aliphatic rings. The monoisotopic (exact) mass is 268 g/mol. The zero-order chi connectivity index (χ0) is 14.3. The van der Waals surface area contributed by atoms with Gasteiger partial charge in [0.15, 0.2) is 5.75 Å². The molecular weight excluding hydrogens is 252 g/mol. The fourth-order valence-corrected chi connectivity index (χ4v) is 1.64. The number of carbonyl (C=O) groups is 1. The second-order valence-electron chi connectivity index (χ2n) is 3.89. The van der Waals surface area contributed by atoms with Crippen LogP contribution in [0.15, 0.2) is 18.2 Å². The maximum Gasteiger partial charge on any atom is 0.333 e. The summed E-state index contributed by atoms with van der Waals surface area (Å²) in [7, 11) is 1.37. The molecule has 7 heteroatoms. The molecular formula is C12H16N2O5. The Hall–Kier alpha value is -2.31. The van der Waals surface area contributed by atoms with Crippen LogP contribution in [0.1, 0.15) is 19.3 Å². The summed E-state index contributed by atoms with van der Waals surface area (Å²) >= 11 is 0. The van der Waals surface area contributed by atoms with Crippen LogP contribution >= 0.6 is 0 Å². The zero-order valence-electron chi connectivity index (χ0n) is 10.6. The smallest absolute Gasteiger partial charge is 0.333 e. The van der Waals surface area contributed by atoms with Gasteiger partial charge in [-0.3, -0.25) is 14.9 Å². The number of ether oxygens (including phenoxy) is 1. The third-order valence-electron chi connectivity index (χ3n) is 2.53. The Morgan fingerprint density at radius 3 is 2.79 bits per heavy atom. The highest BCUT2D eigenvalue weighted by molar-refractivity contribution is 5.68. The standard InChI is InChI=1S/C12H16N2O5/c1-19-10-6-4-5-9(12(10)14(17)18)13-8-3-2-7-11(15)16/h4-6,13H,2-3,7-8H2,1H3,(H,15,16). The Kier molecular flexibility index (Phi) is 5.59. The number of aliphatic carboxylic acids is 1. The van der Waals surface area contributed by atoms with E-state index in [0.717, 1.165) is 0 Å². The van der Waals surface area contributed by atoms with Gasteiger partial charge in [-0.1, -0.05) is 6.07 Å². The van der Waals surface area contributed by atoms with Gasteiger partial charge in [-0.05, 0) is 25.0 Å². The number of nitrogens with zero attached hydrogens (tertiary/aromatic N) is 1. The van der Waals surface area contributed by atoms with Crippen molar-refractivity contribution in [3.05, 3.63) is 28.3 Å². The first-order valence-corrected chi connectivity index (χ1v) is 5.83. The number of nitro benzene ring substituents is 1. The Balaban J connectivity index is 2.62. The molecule has 0 saturated carbocycles. The van der Waals surface area contributed by atoms with Crippen molar-refractivity contribution >= 4 is 17.3 Å². The summed E-state index contributed by atoms with van der Waals surface area (Å²) in [6.45, 7) is 0.473. The lowest BCUT2D eigenvalue weighted by molar-refractivity contribution is -0.384. The number of unbranched alkanes of at least 4 members (excludes halogenated alkanes) is 1. The quantitative estimate of drug-likeness (QED) is 0.426. The van der Waals surface area contributed by atoms with E-state index >= 15 is 0 Å². The van der Waals surface area contributed by atoms with Gasteiger partial charge in [0.05, 0.1) is 12.0 Å². The summed E-state index contributed by atoms with van der Waals surface area (Å²) in [6.07, 6.45) is 1.25. The highest BCUT2D eigenvalue weighted by Crippen LogP contribution is 2.34. The summed E-state index contributed by atoms with van der Waals surface area (Å²) in [5.74, 6) is -0.645. The van der Waals surface area contributed by atoms with E-state index in [1.807, 2.05) is 0 Å². The number of nitrogens with one attached hydrogen (secondary N) is 1. The van der Waals surface area contributed by atoms with Crippen LogP contribution in [0, 0.1) is 10.1 Å². The molecule has 0 aromatic heterocycles. The molecule has 1 aromatic rings. The van der Waals surface area contributed by atoms with Gasteiger partial charge in [-0.15, -0.1) is 0 Å². The van der Waals surface area contributed by atoms with Gasteiger partial charge in [-0.25, -0.2) is 0 Å². The van der Waals surface area contributed by atoms with Gasteiger partial charge in [0.25, 0.3) is 0 Å². The van der Waals surface area contributed by atoms with Gasteiger partial charge in [0.1, 0.15) is 5.69 Å². The Bertz CT molecular complexity index is 461. The van der Waals surface area contributed by atoms with Crippen LogP contribution in [0.4, 0.5) is 11.4 Å². The first-order valence-electron chi connectivity index (χ1n) is 5.83. The largest absolute Gasteiger partial charge is 0.490 e. The normalized spacial score (nSPS) is 9.95. The molecule has 0 radical (unpaired) electrons. The summed E-state index contributed by atoms with van der Waals surface area (Å²) in [6, 6.07) is 4.77. The third kappa shape index (κ3) is 4.46. The van der Waals surface area contributed by atoms with Gasteiger partial charge >= 0.3 is 11.7 Å². The van der Waals surface area contributed by atoms with Crippen LogP contribution in [0.25, 0.3) is 0 Å². The van der Waals surface area contributed by atoms with E-state index in [4.69, 9.17) is 9.84 Å². The molecule has 0 bridgehead atoms. The molecule has 0 aliphatic carbocycles. The van der Waals surface area contributed by atoms with Gasteiger partial charge < -0.3 is 15.2 Å². The van der Waals surface area contributed by atoms with Crippen molar-refractivity contribution in [1.82, 2.24) is 0 Å². The maximum absolute atomic E-state index is 11.0. The zero-order valence-corrected chi connectivity index (χ0v) is 10.6. The van der Waals surface area contributed by atoms with Crippen LogP contribution in [-0.4, -0.2) is 29.7 Å². The minimum Gasteiger partial charge on any atom is -0.490 e. The predicted molar refractivity (Wildman–Crippen MR) is 69.6 cm³/mol. The fraction of sp³-hybridized carbons (Fsp3) is 0.417. The topological polar surface area (TPSA) is 102 Å². The molecule has 0 unspecified atom stereocenters. The lowest BCUT2D eigenvalue weighted by Gasteiger charge is -2.09. The maximum atomic E-state index is 11.0. The molecule has 0 fully saturated rings. The lowest BCUT2D eigenvalue weighted by Crippen LogP contribution is -2.06. The molecule has 0 saturated heterocycles. The van der Waals surface area contributed by atoms with Gasteiger partial charge in [-0.2, -0.15) is 0 Å². The van der Waals surface area contributed by atoms with E-state index in [1.165, 1.54) is 13.2 Å². The minimum atomic E-state index is -0.840. The van der Waals surface area contributed by atoms with Crippen molar-refractivity contribution in [2.24, 2.45) is 0 Å². The van der Waals surface area contributed by atoms with Crippen molar-refractivity contribution in [3.63, 3.8) is 0 Å². The van der Waals surface area contributed by atoms with E-state index in [0.29, 0.717) is 25.1 Å². The number of nitro groups is 1. The Labute approximate surface area is 110 Å². The first-order chi connectivity index (χ1) is 9.06. The van der Waals surface area contributed by atoms with E-state index in [9.17, 15) is 14.9 Å². The molecule has 0 spiro atoms. The summed E-state index contributed by atoms with van der Waals surface area (Å²) in [4.78, 5) is 20.8. The first kappa shape index (κ1) is 14.7. The van der Waals surface area contributed by atoms with Crippen LogP contribution in [0.5, 0.6) is 5.75 Å². The number of anilines is 1. The van der Waals surface area contributed by atoms with E-state index in [2.05, 4.69) is 5.32 Å². The third-order valence-corrected chi connectivity index (χ3v) is 2.53. The number of rotatable bonds is 8. The van der Waals surface area contributed by atoms with Crippen LogP contribution in [-0.2, 0) is 4.79 Å². The van der Waals surface area contributed by atoms with Crippen LogP contribution < -0.4 is 10.1 Å². The number of methoxy groups -OCH3 is 1. The van der Waals surface area contributed by atoms with Crippen molar-refractivity contribution in [2.45, 2.75) is 19.3 Å². The van der Waals surface area contributed by atoms with Crippen molar-refractivity contribution < 1.29 is 19.6 Å². The SMILES string of the molecule is COc1cccc(NCCCCC(=O)O)c1[N+](=O)[O-]. The highest BCUT2D eigenvalue weighted by Gasteiger charge is 2.19. The molecule has 104 valence electrons. The molecule has 0 atom stereocenters. The summed E-state index contributed by atoms with van der Waals surface area (Å²) in [5.41, 5.74) is 0.267. The Morgan fingerprint density at radius 1 is 1.47 bits per heavy atom. The predicted octanol–water partition coefficient (Wildman–Crippen LogP) is 2.27. The molecule has 0 aliphatic heterocycles. The summed E-state index contributed by atoms with van der Waals surface area (Å²) < 4.78 is 4.95. The second kappa shape index (κ2) is 7.20. The van der Waals surface area contributed by atoms with E-state index in [1.54, 1.807) is 12.1 Å². The van der Waals surface area contributed by atoms with Crippen molar-refractivity contribution in [3.8, 4) is 5.75 Å². The molecule has 1 aromatic carbocycles. The summed E-state index contributed by atoms with van der Waals surface area (Å²) in [5, 5.41) is 22.4. The van der Waals surface area contributed by atoms with Crippen molar-refractivity contribution in [2.75, 3.05) is 19.0 Å². The number of para-hydroxylation sites is 1. The van der Waals surface area contributed by atoms with Gasteiger partial charge in [0, 0.05) is 13.0 Å². The molecule has 1 rings (SSSR count). The van der Waals surface area contributed by atoms with E-state index in [-0.39, 0.29) is 17.9 Å². The number of carboxylic acids is 1. The fourth-order valence-electron chi connectivity index (χ4n) is 1.64. The number of benzene rings is 1. The molecule has 0 heterocycles. The lowest BCUT2D eigenvalue weighted by atomic mass is 10.2. The van der Waals surface area contributed by atoms with Gasteiger partial charge in [0.2, 0.25) is 0 Å². The van der Waals surface area contributed by atoms with E-state index < -0.39 is 10.9 Å². The molecule has 19 heavy (non-hydrogen) atoms. The second-order valence-corrected chi connectivity index (χ2v) is 3.89. The number of hydrogen-bond acceptors (Lipinski definition) is 5.